The third-order valence-corrected chi connectivity index (χ3v) is 4.37. The van der Waals surface area contributed by atoms with Gasteiger partial charge in [-0.15, -0.1) is 11.3 Å². The van der Waals surface area contributed by atoms with E-state index in [0.717, 1.165) is 50.6 Å². The average Bonchev–Trinajstić information content (AvgIpc) is 2.85. The molecule has 1 fully saturated rings. The molecule has 1 aromatic heterocycles. The summed E-state index contributed by atoms with van der Waals surface area (Å²) in [5.41, 5.74) is 0.965. The van der Waals surface area contributed by atoms with E-state index in [2.05, 4.69) is 18.0 Å². The number of ether oxygens (including phenoxy) is 1. The average molecular weight is 295 g/mol. The molecule has 1 saturated heterocycles. The van der Waals surface area contributed by atoms with Crippen molar-refractivity contribution in [1.82, 2.24) is 4.90 Å². The number of nitrogens with zero attached hydrogens (tertiary/aromatic N) is 1. The first-order chi connectivity index (χ1) is 9.63. The first-order valence-corrected chi connectivity index (χ1v) is 7.76. The Bertz CT molecular complexity index is 463. The van der Waals surface area contributed by atoms with E-state index in [4.69, 9.17) is 9.84 Å². The zero-order valence-corrected chi connectivity index (χ0v) is 12.6. The fourth-order valence-electron chi connectivity index (χ4n) is 2.44. The minimum absolute atomic E-state index is 0.736. The summed E-state index contributed by atoms with van der Waals surface area (Å²) in [7, 11) is 2.14. The molecule has 4 nitrogen and oxygen atoms in total. The molecule has 0 saturated carbocycles. The van der Waals surface area contributed by atoms with E-state index in [9.17, 15) is 4.79 Å². The molecule has 0 aliphatic carbocycles. The number of carboxylic acids is 1. The molecule has 0 atom stereocenters. The van der Waals surface area contributed by atoms with Gasteiger partial charge in [0.25, 0.3) is 0 Å². The van der Waals surface area contributed by atoms with Crippen LogP contribution < -0.4 is 0 Å². The molecule has 0 radical (unpaired) electrons. The van der Waals surface area contributed by atoms with E-state index in [-0.39, 0.29) is 0 Å². The lowest BCUT2D eigenvalue weighted by Gasteiger charge is -2.26. The second kappa shape index (κ2) is 7.57. The van der Waals surface area contributed by atoms with Gasteiger partial charge in [0, 0.05) is 37.3 Å². The molecule has 0 bridgehead atoms. The lowest BCUT2D eigenvalue weighted by atomic mass is 10.00. The molecule has 0 aromatic carbocycles. The molecule has 1 aliphatic heterocycles. The number of carboxylic acid groups (broad SMARTS) is 1. The molecule has 0 amide bonds. The van der Waals surface area contributed by atoms with Crippen LogP contribution in [0.1, 0.15) is 23.3 Å². The van der Waals surface area contributed by atoms with Crippen molar-refractivity contribution in [3.05, 3.63) is 28.0 Å². The maximum atomic E-state index is 10.5. The fourth-order valence-corrected chi connectivity index (χ4v) is 3.37. The van der Waals surface area contributed by atoms with E-state index < -0.39 is 5.97 Å². The number of thiophene rings is 1. The lowest BCUT2D eigenvalue weighted by Crippen LogP contribution is -2.29. The summed E-state index contributed by atoms with van der Waals surface area (Å²) in [5.74, 6) is -0.172. The maximum absolute atomic E-state index is 10.5. The Hall–Kier alpha value is -1.17. The molecule has 1 aliphatic rings. The van der Waals surface area contributed by atoms with Crippen LogP contribution >= 0.6 is 11.3 Å². The number of hydrogen-bond donors (Lipinski definition) is 1. The highest BCUT2D eigenvalue weighted by Crippen LogP contribution is 2.20. The van der Waals surface area contributed by atoms with Gasteiger partial charge in [0.2, 0.25) is 0 Å². The van der Waals surface area contributed by atoms with E-state index in [1.165, 1.54) is 11.0 Å². The molecule has 1 aromatic rings. The second-order valence-electron chi connectivity index (χ2n) is 5.27. The smallest absolute Gasteiger partial charge is 0.328 e. The zero-order chi connectivity index (χ0) is 14.4. The van der Waals surface area contributed by atoms with E-state index in [1.807, 2.05) is 5.38 Å². The van der Waals surface area contributed by atoms with E-state index in [0.29, 0.717) is 0 Å². The van der Waals surface area contributed by atoms with Crippen LogP contribution in [-0.2, 0) is 16.1 Å². The van der Waals surface area contributed by atoms with E-state index in [1.54, 1.807) is 17.4 Å². The van der Waals surface area contributed by atoms with Gasteiger partial charge in [-0.2, -0.15) is 0 Å². The highest BCUT2D eigenvalue weighted by molar-refractivity contribution is 7.10. The molecule has 2 rings (SSSR count). The van der Waals surface area contributed by atoms with Gasteiger partial charge in [0.15, 0.2) is 0 Å². The van der Waals surface area contributed by atoms with Gasteiger partial charge in [0.1, 0.15) is 0 Å². The van der Waals surface area contributed by atoms with Crippen molar-refractivity contribution in [3.63, 3.8) is 0 Å². The molecule has 0 unspecified atom stereocenters. The van der Waals surface area contributed by atoms with Gasteiger partial charge in [-0.1, -0.05) is 0 Å². The van der Waals surface area contributed by atoms with Crippen LogP contribution in [0.3, 0.4) is 0 Å². The fraction of sp³-hybridized carbons (Fsp3) is 0.533. The topological polar surface area (TPSA) is 49.8 Å². The summed E-state index contributed by atoms with van der Waals surface area (Å²) >= 11 is 1.68. The van der Waals surface area contributed by atoms with Crippen LogP contribution in [0, 0.1) is 5.92 Å². The quantitative estimate of drug-likeness (QED) is 0.820. The van der Waals surface area contributed by atoms with E-state index >= 15 is 0 Å². The molecule has 5 heteroatoms. The second-order valence-corrected chi connectivity index (χ2v) is 6.27. The molecular weight excluding hydrogens is 274 g/mol. The molecule has 0 spiro atoms. The van der Waals surface area contributed by atoms with Crippen LogP contribution in [0.2, 0.25) is 0 Å². The highest BCUT2D eigenvalue weighted by Gasteiger charge is 2.16. The Morgan fingerprint density at radius 1 is 1.55 bits per heavy atom. The van der Waals surface area contributed by atoms with Crippen LogP contribution in [-0.4, -0.2) is 42.8 Å². The number of carbonyl (C=O) groups is 1. The standard InChI is InChI=1S/C15H21NO3S/c1-16(9-12-4-6-19-7-5-12)10-14-8-13(11-20-14)2-3-15(17)18/h2-3,8,11-12H,4-7,9-10H2,1H3,(H,17,18). The van der Waals surface area contributed by atoms with Crippen LogP contribution in [0.4, 0.5) is 0 Å². The Morgan fingerprint density at radius 2 is 2.30 bits per heavy atom. The highest BCUT2D eigenvalue weighted by atomic mass is 32.1. The predicted octanol–water partition coefficient (Wildman–Crippen LogP) is 2.70. The summed E-state index contributed by atoms with van der Waals surface area (Å²) in [6.07, 6.45) is 5.13. The van der Waals surface area contributed by atoms with Crippen molar-refractivity contribution in [2.75, 3.05) is 26.8 Å². The summed E-state index contributed by atoms with van der Waals surface area (Å²) < 4.78 is 5.38. The van der Waals surface area contributed by atoms with Gasteiger partial charge in [0.05, 0.1) is 0 Å². The summed E-state index contributed by atoms with van der Waals surface area (Å²) in [5, 5.41) is 10.6. The minimum atomic E-state index is -0.908. The monoisotopic (exact) mass is 295 g/mol. The molecule has 2 heterocycles. The Labute approximate surface area is 123 Å². The van der Waals surface area contributed by atoms with Gasteiger partial charge in [-0.05, 0) is 48.9 Å². The molecule has 1 N–H and O–H groups in total. The third kappa shape index (κ3) is 5.07. The molecular formula is C15H21NO3S. The number of aliphatic carboxylic acids is 1. The summed E-state index contributed by atoms with van der Waals surface area (Å²) in [6.45, 7) is 3.80. The zero-order valence-electron chi connectivity index (χ0n) is 11.7. The number of hydrogen-bond acceptors (Lipinski definition) is 4. The van der Waals surface area contributed by atoms with Crippen molar-refractivity contribution in [3.8, 4) is 0 Å². The lowest BCUT2D eigenvalue weighted by molar-refractivity contribution is -0.131. The number of rotatable bonds is 6. The Kier molecular flexibility index (Phi) is 5.76. The predicted molar refractivity (Wildman–Crippen MR) is 80.9 cm³/mol. The van der Waals surface area contributed by atoms with Crippen molar-refractivity contribution >= 4 is 23.4 Å². The maximum Gasteiger partial charge on any atom is 0.328 e. The van der Waals surface area contributed by atoms with Gasteiger partial charge >= 0.3 is 5.97 Å². The third-order valence-electron chi connectivity index (χ3n) is 3.43. The van der Waals surface area contributed by atoms with Crippen molar-refractivity contribution < 1.29 is 14.6 Å². The van der Waals surface area contributed by atoms with Crippen LogP contribution in [0.25, 0.3) is 6.08 Å². The van der Waals surface area contributed by atoms with Crippen molar-refractivity contribution in [2.24, 2.45) is 5.92 Å². The van der Waals surface area contributed by atoms with Crippen LogP contribution in [0.15, 0.2) is 17.5 Å². The van der Waals surface area contributed by atoms with Gasteiger partial charge in [-0.25, -0.2) is 4.79 Å². The first-order valence-electron chi connectivity index (χ1n) is 6.88. The largest absolute Gasteiger partial charge is 0.478 e. The SMILES string of the molecule is CN(Cc1cc(C=CC(=O)O)cs1)CC1CCOCC1. The Morgan fingerprint density at radius 3 is 3.00 bits per heavy atom. The minimum Gasteiger partial charge on any atom is -0.478 e. The Balaban J connectivity index is 1.81. The molecule has 110 valence electrons. The molecule has 20 heavy (non-hydrogen) atoms. The first kappa shape index (κ1) is 15.2. The summed E-state index contributed by atoms with van der Waals surface area (Å²) in [4.78, 5) is 14.1. The van der Waals surface area contributed by atoms with Crippen LogP contribution in [0.5, 0.6) is 0 Å². The van der Waals surface area contributed by atoms with Crippen molar-refractivity contribution in [2.45, 2.75) is 19.4 Å². The normalized spacial score (nSPS) is 17.1. The summed E-state index contributed by atoms with van der Waals surface area (Å²) in [6, 6.07) is 2.06. The van der Waals surface area contributed by atoms with Gasteiger partial charge in [-0.3, -0.25) is 0 Å². The van der Waals surface area contributed by atoms with Gasteiger partial charge < -0.3 is 14.7 Å². The van der Waals surface area contributed by atoms with Crippen molar-refractivity contribution in [1.29, 1.82) is 0 Å².